The van der Waals surface area contributed by atoms with Gasteiger partial charge in [0, 0.05) is 36.4 Å². The highest BCUT2D eigenvalue weighted by Crippen LogP contribution is 2.31. The van der Waals surface area contributed by atoms with Gasteiger partial charge in [-0.1, -0.05) is 30.3 Å². The van der Waals surface area contributed by atoms with Gasteiger partial charge in [-0.05, 0) is 60.0 Å². The Morgan fingerprint density at radius 2 is 1.66 bits per heavy atom. The van der Waals surface area contributed by atoms with Crippen LogP contribution in [0.25, 0.3) is 38.8 Å². The number of nitrogen functional groups attached to an aromatic ring is 1. The smallest absolute Gasteiger partial charge is 0.266 e. The van der Waals surface area contributed by atoms with Crippen LogP contribution < -0.4 is 21.3 Å². The minimum atomic E-state index is -0.452. The molecule has 0 spiro atoms. The van der Waals surface area contributed by atoms with E-state index in [1.165, 1.54) is 0 Å². The monoisotopic (exact) mass is 542 g/mol. The molecular weight excluding hydrogens is 516 g/mol. The summed E-state index contributed by atoms with van der Waals surface area (Å²) in [5.41, 5.74) is 10.2. The third-order valence-corrected chi connectivity index (χ3v) is 6.73. The summed E-state index contributed by atoms with van der Waals surface area (Å²) in [4.78, 5) is 36.4. The van der Waals surface area contributed by atoms with Crippen LogP contribution in [0, 0.1) is 0 Å². The molecule has 0 aliphatic heterocycles. The van der Waals surface area contributed by atoms with Crippen LogP contribution in [0.5, 0.6) is 5.88 Å². The molecule has 0 saturated heterocycles. The van der Waals surface area contributed by atoms with Gasteiger partial charge in [0.15, 0.2) is 0 Å². The van der Waals surface area contributed by atoms with Crippen molar-refractivity contribution in [2.45, 2.75) is 13.0 Å². The third-order valence-electron chi connectivity index (χ3n) is 6.73. The Morgan fingerprint density at radius 1 is 0.878 bits per heavy atom. The molecule has 4 aromatic heterocycles. The molecule has 6 rings (SSSR count). The fraction of sp³-hybridized carbons (Fsp3) is 0.0968. The second-order valence-corrected chi connectivity index (χ2v) is 9.33. The molecule has 0 aliphatic carbocycles. The van der Waals surface area contributed by atoms with E-state index in [1.807, 2.05) is 73.7 Å². The fourth-order valence-electron chi connectivity index (χ4n) is 4.81. The predicted molar refractivity (Wildman–Crippen MR) is 159 cm³/mol. The van der Waals surface area contributed by atoms with Crippen LogP contribution in [0.2, 0.25) is 0 Å². The largest absolute Gasteiger partial charge is 0.481 e. The summed E-state index contributed by atoms with van der Waals surface area (Å²) >= 11 is 0. The number of fused-ring (bicyclic) bond motifs is 1. The average Bonchev–Trinajstić information content (AvgIpc) is 3.01. The topological polar surface area (TPSA) is 134 Å². The van der Waals surface area contributed by atoms with E-state index >= 15 is 0 Å². The molecule has 10 heteroatoms. The zero-order valence-electron chi connectivity index (χ0n) is 22.4. The van der Waals surface area contributed by atoms with Crippen molar-refractivity contribution in [2.75, 3.05) is 18.2 Å². The molecule has 0 amide bonds. The summed E-state index contributed by atoms with van der Waals surface area (Å²) in [6.45, 7) is 1.93. The second-order valence-electron chi connectivity index (χ2n) is 9.33. The SMILES string of the molecule is COc1cc(-c2cccc3nc([C@H](C)Nc4nc(N)ncc4-c4ccncc4)n(-c4ccccc4)c(=O)c23)ccn1. The first kappa shape index (κ1) is 25.6. The molecule has 2 aromatic carbocycles. The van der Waals surface area contributed by atoms with Crippen molar-refractivity contribution < 1.29 is 4.74 Å². The van der Waals surface area contributed by atoms with E-state index in [2.05, 4.69) is 25.3 Å². The number of benzene rings is 2. The summed E-state index contributed by atoms with van der Waals surface area (Å²) in [6, 6.07) is 22.0. The van der Waals surface area contributed by atoms with E-state index < -0.39 is 6.04 Å². The zero-order valence-corrected chi connectivity index (χ0v) is 22.4. The number of aromatic nitrogens is 6. The van der Waals surface area contributed by atoms with Crippen molar-refractivity contribution in [3.8, 4) is 33.8 Å². The number of nitrogens with two attached hydrogens (primary N) is 1. The van der Waals surface area contributed by atoms with Crippen LogP contribution in [0.15, 0.2) is 102 Å². The number of nitrogens with one attached hydrogen (secondary N) is 1. The van der Waals surface area contributed by atoms with Gasteiger partial charge < -0.3 is 15.8 Å². The first-order valence-corrected chi connectivity index (χ1v) is 12.9. The number of methoxy groups -OCH3 is 1. The molecule has 10 nitrogen and oxygen atoms in total. The maximum Gasteiger partial charge on any atom is 0.266 e. The highest BCUT2D eigenvalue weighted by molar-refractivity contribution is 5.94. The van der Waals surface area contributed by atoms with Gasteiger partial charge >= 0.3 is 0 Å². The molecule has 202 valence electrons. The minimum absolute atomic E-state index is 0.127. The van der Waals surface area contributed by atoms with Crippen LogP contribution in [-0.2, 0) is 0 Å². The average molecular weight is 543 g/mol. The summed E-state index contributed by atoms with van der Waals surface area (Å²) in [7, 11) is 1.56. The van der Waals surface area contributed by atoms with E-state index in [4.69, 9.17) is 15.5 Å². The molecule has 0 fully saturated rings. The third kappa shape index (κ3) is 4.94. The van der Waals surface area contributed by atoms with Crippen LogP contribution in [0.3, 0.4) is 0 Å². The molecule has 0 bridgehead atoms. The number of ether oxygens (including phenoxy) is 1. The van der Waals surface area contributed by atoms with Crippen molar-refractivity contribution >= 4 is 22.7 Å². The number of rotatable bonds is 7. The predicted octanol–water partition coefficient (Wildman–Crippen LogP) is 5.06. The molecule has 0 unspecified atom stereocenters. The molecule has 41 heavy (non-hydrogen) atoms. The molecule has 0 aliphatic rings. The van der Waals surface area contributed by atoms with Crippen molar-refractivity contribution in [3.63, 3.8) is 0 Å². The van der Waals surface area contributed by atoms with Crippen molar-refractivity contribution in [3.05, 3.63) is 114 Å². The van der Waals surface area contributed by atoms with Crippen LogP contribution >= 0.6 is 0 Å². The van der Waals surface area contributed by atoms with Crippen molar-refractivity contribution in [2.24, 2.45) is 0 Å². The zero-order chi connectivity index (χ0) is 28.3. The molecule has 4 heterocycles. The number of hydrogen-bond donors (Lipinski definition) is 2. The number of nitrogens with zero attached hydrogens (tertiary/aromatic N) is 6. The van der Waals surface area contributed by atoms with Gasteiger partial charge in [0.05, 0.1) is 29.7 Å². The Balaban J connectivity index is 1.54. The number of anilines is 2. The molecule has 3 N–H and O–H groups in total. The summed E-state index contributed by atoms with van der Waals surface area (Å²) in [5, 5.41) is 3.92. The molecule has 1 atom stereocenters. The lowest BCUT2D eigenvalue weighted by Crippen LogP contribution is -2.28. The number of para-hydroxylation sites is 1. The Hall–Kier alpha value is -5.64. The standard InChI is InChI=1S/C31H26N8O2/c1-19(36-28-24(18-35-31(32)38-28)20-11-14-33-15-12-20)29-37-25-10-6-9-23(21-13-16-34-26(17-21)41-2)27(25)30(40)39(29)22-7-4-3-5-8-22/h3-19H,1-2H3,(H3,32,35,36,38)/t19-/m0/s1. The van der Waals surface area contributed by atoms with Crippen molar-refractivity contribution in [1.29, 1.82) is 0 Å². The van der Waals surface area contributed by atoms with Crippen molar-refractivity contribution in [1.82, 2.24) is 29.5 Å². The van der Waals surface area contributed by atoms with E-state index in [9.17, 15) is 4.79 Å². The van der Waals surface area contributed by atoms with Crippen LogP contribution in [0.4, 0.5) is 11.8 Å². The van der Waals surface area contributed by atoms with Gasteiger partial charge in [0.1, 0.15) is 11.6 Å². The van der Waals surface area contributed by atoms with Gasteiger partial charge in [-0.25, -0.2) is 15.0 Å². The molecular formula is C31H26N8O2. The second kappa shape index (κ2) is 10.9. The van der Waals surface area contributed by atoms with Gasteiger partial charge in [-0.15, -0.1) is 0 Å². The molecule has 0 radical (unpaired) electrons. The van der Waals surface area contributed by atoms with E-state index in [1.54, 1.807) is 42.5 Å². The first-order valence-electron chi connectivity index (χ1n) is 12.9. The quantitative estimate of drug-likeness (QED) is 0.284. The lowest BCUT2D eigenvalue weighted by molar-refractivity contribution is 0.398. The lowest BCUT2D eigenvalue weighted by atomic mass is 10.0. The molecule has 6 aromatic rings. The Labute approximate surface area is 235 Å². The van der Waals surface area contributed by atoms with E-state index in [-0.39, 0.29) is 11.5 Å². The summed E-state index contributed by atoms with van der Waals surface area (Å²) < 4.78 is 6.97. The highest BCUT2D eigenvalue weighted by Gasteiger charge is 2.22. The fourth-order valence-corrected chi connectivity index (χ4v) is 4.81. The minimum Gasteiger partial charge on any atom is -0.481 e. The first-order chi connectivity index (χ1) is 20.0. The number of hydrogen-bond acceptors (Lipinski definition) is 9. The normalized spacial score (nSPS) is 11.8. The van der Waals surface area contributed by atoms with E-state index in [0.717, 1.165) is 22.3 Å². The Bertz CT molecular complexity index is 1910. The van der Waals surface area contributed by atoms with Gasteiger partial charge in [-0.2, -0.15) is 4.98 Å². The maximum absolute atomic E-state index is 14.4. The van der Waals surface area contributed by atoms with Crippen LogP contribution in [-0.4, -0.2) is 36.6 Å². The number of pyridine rings is 2. The van der Waals surface area contributed by atoms with Gasteiger partial charge in [0.2, 0.25) is 11.8 Å². The summed E-state index contributed by atoms with van der Waals surface area (Å²) in [5.74, 6) is 1.61. The van der Waals surface area contributed by atoms with Gasteiger partial charge in [0.25, 0.3) is 5.56 Å². The summed E-state index contributed by atoms with van der Waals surface area (Å²) in [6.07, 6.45) is 6.73. The van der Waals surface area contributed by atoms with Crippen LogP contribution in [0.1, 0.15) is 18.8 Å². The van der Waals surface area contributed by atoms with Gasteiger partial charge in [-0.3, -0.25) is 14.3 Å². The van der Waals surface area contributed by atoms with E-state index in [0.29, 0.717) is 34.1 Å². The highest BCUT2D eigenvalue weighted by atomic mass is 16.5. The maximum atomic E-state index is 14.4. The lowest BCUT2D eigenvalue weighted by Gasteiger charge is -2.22. The Morgan fingerprint density at radius 3 is 2.44 bits per heavy atom. The Kier molecular flexibility index (Phi) is 6.78. The molecule has 0 saturated carbocycles.